The van der Waals surface area contributed by atoms with Gasteiger partial charge in [0.25, 0.3) is 0 Å². The third-order valence-corrected chi connectivity index (χ3v) is 3.07. The van der Waals surface area contributed by atoms with Crippen LogP contribution in [0.4, 0.5) is 0 Å². The number of hydrogen-bond donors (Lipinski definition) is 3. The fourth-order valence-corrected chi connectivity index (χ4v) is 2.02. The molecule has 1 aromatic carbocycles. The molecule has 6 nitrogen and oxygen atoms in total. The van der Waals surface area contributed by atoms with Crippen molar-refractivity contribution in [3.8, 4) is 5.75 Å². The first-order valence-corrected chi connectivity index (χ1v) is 6.68. The van der Waals surface area contributed by atoms with Gasteiger partial charge in [-0.15, -0.1) is 0 Å². The molecule has 0 atom stereocenters. The van der Waals surface area contributed by atoms with Crippen molar-refractivity contribution in [1.29, 1.82) is 0 Å². The molecule has 0 radical (unpaired) electrons. The molecule has 0 spiro atoms. The number of dihydropyridines is 1. The van der Waals surface area contributed by atoms with E-state index in [0.717, 1.165) is 11.3 Å². The minimum atomic E-state index is 0.162. The van der Waals surface area contributed by atoms with E-state index in [-0.39, 0.29) is 5.82 Å². The quantitative estimate of drug-likeness (QED) is 0.779. The summed E-state index contributed by atoms with van der Waals surface area (Å²) in [7, 11) is 3.34. The van der Waals surface area contributed by atoms with Crippen LogP contribution in [0.2, 0.25) is 0 Å². The lowest BCUT2D eigenvalue weighted by Crippen LogP contribution is -2.22. The van der Waals surface area contributed by atoms with Crippen molar-refractivity contribution in [2.45, 2.75) is 0 Å². The first kappa shape index (κ1) is 15.4. The molecule has 0 saturated heterocycles. The Bertz CT molecular complexity index is 713. The third-order valence-electron chi connectivity index (χ3n) is 3.07. The van der Waals surface area contributed by atoms with Crippen molar-refractivity contribution < 1.29 is 4.74 Å². The second-order valence-electron chi connectivity index (χ2n) is 4.53. The molecule has 1 aliphatic rings. The number of nitrogens with zero attached hydrogens (tertiary/aromatic N) is 2. The largest absolute Gasteiger partial charge is 0.496 e. The zero-order valence-electron chi connectivity index (χ0n) is 12.6. The van der Waals surface area contributed by atoms with Crippen molar-refractivity contribution in [3.05, 3.63) is 65.8 Å². The second kappa shape index (κ2) is 6.62. The van der Waals surface area contributed by atoms with Gasteiger partial charge in [-0.3, -0.25) is 0 Å². The molecular weight excluding hydrogens is 278 g/mol. The highest BCUT2D eigenvalue weighted by Crippen LogP contribution is 2.22. The van der Waals surface area contributed by atoms with Gasteiger partial charge in [-0.2, -0.15) is 0 Å². The third kappa shape index (κ3) is 3.17. The van der Waals surface area contributed by atoms with Crippen molar-refractivity contribution in [2.75, 3.05) is 14.2 Å². The van der Waals surface area contributed by atoms with Crippen LogP contribution in [-0.4, -0.2) is 25.7 Å². The smallest absolute Gasteiger partial charge is 0.165 e. The highest BCUT2D eigenvalue weighted by molar-refractivity contribution is 6.21. The van der Waals surface area contributed by atoms with E-state index >= 15 is 0 Å². The maximum atomic E-state index is 5.93. The minimum absolute atomic E-state index is 0.162. The highest BCUT2D eigenvalue weighted by Gasteiger charge is 2.17. The Labute approximate surface area is 129 Å². The first-order chi connectivity index (χ1) is 10.6. The second-order valence-corrected chi connectivity index (χ2v) is 4.53. The Morgan fingerprint density at radius 2 is 2.00 bits per heavy atom. The van der Waals surface area contributed by atoms with Crippen LogP contribution in [0, 0.1) is 0 Å². The SMILES string of the molecule is C=C(N)/N=C1/N=C(c2ccccc2OC)C=C/C1=C(/N)NC. The summed E-state index contributed by atoms with van der Waals surface area (Å²) in [5.74, 6) is 1.75. The number of para-hydroxylation sites is 1. The van der Waals surface area contributed by atoms with Crippen molar-refractivity contribution in [2.24, 2.45) is 21.5 Å². The van der Waals surface area contributed by atoms with E-state index in [0.29, 0.717) is 22.9 Å². The number of nitrogens with one attached hydrogen (secondary N) is 1. The molecule has 1 aromatic rings. The van der Waals surface area contributed by atoms with E-state index < -0.39 is 0 Å². The molecule has 0 saturated carbocycles. The van der Waals surface area contributed by atoms with E-state index in [1.54, 1.807) is 14.2 Å². The van der Waals surface area contributed by atoms with Crippen LogP contribution in [0.15, 0.2) is 70.2 Å². The predicted octanol–water partition coefficient (Wildman–Crippen LogP) is 1.27. The topological polar surface area (TPSA) is 98.0 Å². The van der Waals surface area contributed by atoms with Gasteiger partial charge in [-0.25, -0.2) is 9.98 Å². The standard InChI is InChI=1S/C16H19N5O/c1-10(17)20-16-12(15(18)19-2)8-9-13(21-16)11-6-4-5-7-14(11)22-3/h4-9,19H,1,17-18H2,2-3H3/b15-12+,20-16+. The maximum absolute atomic E-state index is 5.93. The molecule has 0 unspecified atom stereocenters. The zero-order chi connectivity index (χ0) is 16.1. The van der Waals surface area contributed by atoms with Crippen molar-refractivity contribution in [1.82, 2.24) is 5.32 Å². The van der Waals surface area contributed by atoms with Crippen LogP contribution in [0.25, 0.3) is 0 Å². The molecular formula is C16H19N5O. The van der Waals surface area contributed by atoms with Gasteiger partial charge < -0.3 is 21.5 Å². The zero-order valence-corrected chi connectivity index (χ0v) is 12.6. The summed E-state index contributed by atoms with van der Waals surface area (Å²) in [4.78, 5) is 8.69. The minimum Gasteiger partial charge on any atom is -0.496 e. The van der Waals surface area contributed by atoms with Gasteiger partial charge in [0, 0.05) is 12.6 Å². The van der Waals surface area contributed by atoms with E-state index in [9.17, 15) is 0 Å². The van der Waals surface area contributed by atoms with Gasteiger partial charge in [0.2, 0.25) is 0 Å². The number of ether oxygens (including phenoxy) is 1. The van der Waals surface area contributed by atoms with Crippen LogP contribution in [0.5, 0.6) is 5.75 Å². The highest BCUT2D eigenvalue weighted by atomic mass is 16.5. The normalized spacial score (nSPS) is 17.9. The molecule has 114 valence electrons. The molecule has 6 heteroatoms. The molecule has 1 aliphatic heterocycles. The Morgan fingerprint density at radius 3 is 2.64 bits per heavy atom. The molecule has 0 aliphatic carbocycles. The van der Waals surface area contributed by atoms with E-state index in [1.807, 2.05) is 36.4 Å². The van der Waals surface area contributed by atoms with Crippen LogP contribution in [-0.2, 0) is 0 Å². The predicted molar refractivity (Wildman–Crippen MR) is 89.7 cm³/mol. The average molecular weight is 297 g/mol. The maximum Gasteiger partial charge on any atom is 0.165 e. The van der Waals surface area contributed by atoms with Crippen molar-refractivity contribution >= 4 is 11.5 Å². The lowest BCUT2D eigenvalue weighted by Gasteiger charge is -2.15. The van der Waals surface area contributed by atoms with E-state index in [2.05, 4.69) is 21.9 Å². The molecule has 0 bridgehead atoms. The number of benzene rings is 1. The monoisotopic (exact) mass is 297 g/mol. The number of rotatable bonds is 4. The number of hydrogen-bond acceptors (Lipinski definition) is 5. The van der Waals surface area contributed by atoms with Crippen LogP contribution < -0.4 is 21.5 Å². The summed E-state index contributed by atoms with van der Waals surface area (Å²) in [6.07, 6.45) is 3.69. The van der Waals surface area contributed by atoms with Crippen LogP contribution >= 0.6 is 0 Å². The first-order valence-electron chi connectivity index (χ1n) is 6.68. The van der Waals surface area contributed by atoms with E-state index in [4.69, 9.17) is 16.2 Å². The lowest BCUT2D eigenvalue weighted by atomic mass is 10.0. The summed E-state index contributed by atoms with van der Waals surface area (Å²) < 4.78 is 5.36. The Balaban J connectivity index is 2.55. The number of allylic oxidation sites excluding steroid dienone is 1. The summed E-state index contributed by atoms with van der Waals surface area (Å²) in [6.45, 7) is 3.59. The molecule has 0 amide bonds. The lowest BCUT2D eigenvalue weighted by molar-refractivity contribution is 0.414. The fourth-order valence-electron chi connectivity index (χ4n) is 2.02. The van der Waals surface area contributed by atoms with Gasteiger partial charge in [-0.05, 0) is 24.3 Å². The molecule has 0 aromatic heterocycles. The summed E-state index contributed by atoms with van der Waals surface area (Å²) in [5.41, 5.74) is 13.7. The number of nitrogens with two attached hydrogens (primary N) is 2. The molecule has 0 fully saturated rings. The Morgan fingerprint density at radius 1 is 1.27 bits per heavy atom. The fraction of sp³-hybridized carbons (Fsp3) is 0.125. The van der Waals surface area contributed by atoms with Crippen molar-refractivity contribution in [3.63, 3.8) is 0 Å². The summed E-state index contributed by atoms with van der Waals surface area (Å²) >= 11 is 0. The number of methoxy groups -OCH3 is 1. The van der Waals surface area contributed by atoms with Crippen LogP contribution in [0.1, 0.15) is 5.56 Å². The molecule has 22 heavy (non-hydrogen) atoms. The van der Waals surface area contributed by atoms with Gasteiger partial charge in [0.05, 0.1) is 18.4 Å². The molecule has 5 N–H and O–H groups in total. The summed E-state index contributed by atoms with van der Waals surface area (Å²) in [6, 6.07) is 7.61. The van der Waals surface area contributed by atoms with Gasteiger partial charge >= 0.3 is 0 Å². The van der Waals surface area contributed by atoms with Gasteiger partial charge in [-0.1, -0.05) is 18.7 Å². The molecule has 1 heterocycles. The Hall–Kier alpha value is -3.02. The average Bonchev–Trinajstić information content (AvgIpc) is 2.53. The summed E-state index contributed by atoms with van der Waals surface area (Å²) in [5, 5.41) is 2.88. The van der Waals surface area contributed by atoms with Crippen LogP contribution in [0.3, 0.4) is 0 Å². The Kier molecular flexibility index (Phi) is 4.63. The molecule has 2 rings (SSSR count). The van der Waals surface area contributed by atoms with Gasteiger partial charge in [0.15, 0.2) is 5.84 Å². The number of aliphatic imine (C=N–C) groups is 2. The number of amidine groups is 1. The van der Waals surface area contributed by atoms with E-state index in [1.165, 1.54) is 0 Å². The van der Waals surface area contributed by atoms with Gasteiger partial charge in [0.1, 0.15) is 17.4 Å².